The molecule has 92 valence electrons. The fourth-order valence-corrected chi connectivity index (χ4v) is 2.33. The van der Waals surface area contributed by atoms with Gasteiger partial charge >= 0.3 is 0 Å². The van der Waals surface area contributed by atoms with Gasteiger partial charge in [-0.05, 0) is 53.7 Å². The topological polar surface area (TPSA) is 43.1 Å². The molecule has 17 heavy (non-hydrogen) atoms. The van der Waals surface area contributed by atoms with E-state index in [9.17, 15) is 9.18 Å². The minimum absolute atomic E-state index is 0.0323. The summed E-state index contributed by atoms with van der Waals surface area (Å²) in [6.45, 7) is 1.66. The van der Waals surface area contributed by atoms with E-state index in [0.717, 1.165) is 12.8 Å². The summed E-state index contributed by atoms with van der Waals surface area (Å²) in [6, 6.07) is 2.97. The molecule has 5 heteroatoms. The predicted octanol–water partition coefficient (Wildman–Crippen LogP) is 3.55. The van der Waals surface area contributed by atoms with Gasteiger partial charge < -0.3 is 5.73 Å². The van der Waals surface area contributed by atoms with Gasteiger partial charge in [0.1, 0.15) is 0 Å². The summed E-state index contributed by atoms with van der Waals surface area (Å²) in [5.74, 6) is -0.938. The third kappa shape index (κ3) is 2.26. The molecule has 1 aromatic carbocycles. The quantitative estimate of drug-likeness (QED) is 0.683. The number of carbonyl (C=O) groups excluding carboxylic acids is 1. The molecule has 0 spiro atoms. The van der Waals surface area contributed by atoms with Crippen LogP contribution < -0.4 is 5.73 Å². The molecule has 0 aliphatic heterocycles. The zero-order valence-electron chi connectivity index (χ0n) is 9.27. The van der Waals surface area contributed by atoms with Crippen molar-refractivity contribution >= 4 is 33.3 Å². The first-order valence-corrected chi connectivity index (χ1v) is 6.50. The highest BCUT2D eigenvalue weighted by atomic mass is 79.9. The van der Waals surface area contributed by atoms with Crippen LogP contribution in [0.1, 0.15) is 30.1 Å². The van der Waals surface area contributed by atoms with Gasteiger partial charge in [-0.15, -0.1) is 0 Å². The minimum atomic E-state index is -1.00. The fraction of sp³-hybridized carbons (Fsp3) is 0.417. The Morgan fingerprint density at radius 3 is 2.71 bits per heavy atom. The van der Waals surface area contributed by atoms with E-state index in [2.05, 4.69) is 15.9 Å². The van der Waals surface area contributed by atoms with Gasteiger partial charge in [-0.2, -0.15) is 0 Å². The molecule has 1 atom stereocenters. The molecule has 2 N–H and O–H groups in total. The van der Waals surface area contributed by atoms with Crippen molar-refractivity contribution in [1.29, 1.82) is 0 Å². The van der Waals surface area contributed by atoms with Crippen LogP contribution >= 0.6 is 27.5 Å². The average molecular weight is 321 g/mol. The van der Waals surface area contributed by atoms with E-state index in [4.69, 9.17) is 17.3 Å². The van der Waals surface area contributed by atoms with Crippen LogP contribution in [0.25, 0.3) is 0 Å². The monoisotopic (exact) mass is 319 g/mol. The molecule has 2 nitrogen and oxygen atoms in total. The van der Waals surface area contributed by atoms with E-state index in [-0.39, 0.29) is 22.3 Å². The third-order valence-electron chi connectivity index (χ3n) is 3.19. The second-order valence-corrected chi connectivity index (χ2v) is 5.84. The predicted molar refractivity (Wildman–Crippen MR) is 68.8 cm³/mol. The summed E-state index contributed by atoms with van der Waals surface area (Å²) in [4.78, 5) is 12.2. The number of rotatable bonds is 3. The Morgan fingerprint density at radius 1 is 1.59 bits per heavy atom. The molecule has 0 amide bonds. The summed E-state index contributed by atoms with van der Waals surface area (Å²) < 4.78 is 14.3. The Balaban J connectivity index is 2.41. The molecule has 1 fully saturated rings. The van der Waals surface area contributed by atoms with E-state index in [1.807, 2.05) is 0 Å². The maximum absolute atomic E-state index is 13.9. The molecule has 1 aromatic rings. The highest BCUT2D eigenvalue weighted by molar-refractivity contribution is 9.10. The van der Waals surface area contributed by atoms with Crippen LogP contribution in [0.4, 0.5) is 4.39 Å². The summed E-state index contributed by atoms with van der Waals surface area (Å²) in [5, 5.41) is -0.0811. The fourth-order valence-electron chi connectivity index (χ4n) is 1.86. The van der Waals surface area contributed by atoms with Gasteiger partial charge in [0.2, 0.25) is 0 Å². The first-order valence-electron chi connectivity index (χ1n) is 5.33. The third-order valence-corrected chi connectivity index (χ3v) is 4.45. The van der Waals surface area contributed by atoms with Gasteiger partial charge in [-0.3, -0.25) is 4.79 Å². The molecule has 1 saturated carbocycles. The van der Waals surface area contributed by atoms with Crippen LogP contribution in [0.15, 0.2) is 16.6 Å². The van der Waals surface area contributed by atoms with Crippen molar-refractivity contribution in [2.75, 3.05) is 0 Å². The molecule has 0 heterocycles. The van der Waals surface area contributed by atoms with Crippen molar-refractivity contribution < 1.29 is 9.18 Å². The lowest BCUT2D eigenvalue weighted by Crippen LogP contribution is -2.47. The SMILES string of the molecule is CC(N)(C(=O)c1ccc(Br)c(Cl)c1F)C1CC1. The molecule has 0 radical (unpaired) electrons. The molecule has 0 aromatic heterocycles. The summed E-state index contributed by atoms with van der Waals surface area (Å²) >= 11 is 8.86. The van der Waals surface area contributed by atoms with E-state index in [1.54, 1.807) is 13.0 Å². The lowest BCUT2D eigenvalue weighted by molar-refractivity contribution is 0.0879. The molecule has 0 bridgehead atoms. The van der Waals surface area contributed by atoms with E-state index in [1.165, 1.54) is 6.07 Å². The number of carbonyl (C=O) groups is 1. The Labute approximate surface area is 112 Å². The van der Waals surface area contributed by atoms with Crippen LogP contribution in [-0.2, 0) is 0 Å². The van der Waals surface area contributed by atoms with Crippen molar-refractivity contribution in [1.82, 2.24) is 0 Å². The second kappa shape index (κ2) is 4.34. The van der Waals surface area contributed by atoms with Crippen molar-refractivity contribution in [2.45, 2.75) is 25.3 Å². The van der Waals surface area contributed by atoms with Gasteiger partial charge in [0.15, 0.2) is 11.6 Å². The maximum Gasteiger partial charge on any atom is 0.185 e. The van der Waals surface area contributed by atoms with Gasteiger partial charge in [0.05, 0.1) is 16.1 Å². The summed E-state index contributed by atoms with van der Waals surface area (Å²) in [6.07, 6.45) is 1.84. The largest absolute Gasteiger partial charge is 0.319 e. The molecule has 1 unspecified atom stereocenters. The van der Waals surface area contributed by atoms with Crippen molar-refractivity contribution in [3.63, 3.8) is 0 Å². The number of nitrogens with two attached hydrogens (primary N) is 1. The summed E-state index contributed by atoms with van der Waals surface area (Å²) in [5.41, 5.74) is 4.95. The van der Waals surface area contributed by atoms with E-state index < -0.39 is 11.4 Å². The zero-order valence-corrected chi connectivity index (χ0v) is 11.6. The number of benzene rings is 1. The summed E-state index contributed by atoms with van der Waals surface area (Å²) in [7, 11) is 0. The number of ketones is 1. The highest BCUT2D eigenvalue weighted by Gasteiger charge is 2.45. The molecule has 1 aliphatic carbocycles. The zero-order chi connectivity index (χ0) is 12.8. The Morgan fingerprint density at radius 2 is 2.18 bits per heavy atom. The average Bonchev–Trinajstić information content (AvgIpc) is 3.09. The normalized spacial score (nSPS) is 18.9. The van der Waals surface area contributed by atoms with Gasteiger partial charge in [0, 0.05) is 4.47 Å². The first kappa shape index (κ1) is 13.0. The number of hydrogen-bond donors (Lipinski definition) is 1. The first-order chi connectivity index (χ1) is 7.85. The van der Waals surface area contributed by atoms with Crippen molar-refractivity contribution in [3.8, 4) is 0 Å². The smallest absolute Gasteiger partial charge is 0.185 e. The molecule has 2 rings (SSSR count). The van der Waals surface area contributed by atoms with E-state index in [0.29, 0.717) is 4.47 Å². The lowest BCUT2D eigenvalue weighted by atomic mass is 9.87. The number of halogens is 3. The molecular weight excluding hydrogens is 308 g/mol. The lowest BCUT2D eigenvalue weighted by Gasteiger charge is -2.23. The minimum Gasteiger partial charge on any atom is -0.319 e. The standard InChI is InChI=1S/C12H12BrClFNO/c1-12(16,6-2-3-6)11(17)7-4-5-8(13)9(14)10(7)15/h4-6H,2-3,16H2,1H3. The molecule has 0 saturated heterocycles. The van der Waals surface area contributed by atoms with Crippen LogP contribution in [0.2, 0.25) is 5.02 Å². The molecular formula is C12H12BrClFNO. The Hall–Kier alpha value is -0.450. The second-order valence-electron chi connectivity index (χ2n) is 4.61. The molecule has 1 aliphatic rings. The number of hydrogen-bond acceptors (Lipinski definition) is 2. The van der Waals surface area contributed by atoms with Crippen LogP contribution in [0, 0.1) is 11.7 Å². The van der Waals surface area contributed by atoms with Crippen LogP contribution in [0.3, 0.4) is 0 Å². The van der Waals surface area contributed by atoms with Crippen molar-refractivity contribution in [2.24, 2.45) is 11.7 Å². The highest BCUT2D eigenvalue weighted by Crippen LogP contribution is 2.40. The van der Waals surface area contributed by atoms with Gasteiger partial charge in [-0.1, -0.05) is 11.6 Å². The number of Topliss-reactive ketones (excluding diaryl/α,β-unsaturated/α-hetero) is 1. The van der Waals surface area contributed by atoms with E-state index >= 15 is 0 Å². The Bertz CT molecular complexity index is 486. The van der Waals surface area contributed by atoms with Gasteiger partial charge in [0.25, 0.3) is 0 Å². The van der Waals surface area contributed by atoms with Crippen LogP contribution in [0.5, 0.6) is 0 Å². The maximum atomic E-state index is 13.9. The van der Waals surface area contributed by atoms with Crippen LogP contribution in [-0.4, -0.2) is 11.3 Å². The van der Waals surface area contributed by atoms with Crippen molar-refractivity contribution in [3.05, 3.63) is 33.0 Å². The van der Waals surface area contributed by atoms with Gasteiger partial charge in [-0.25, -0.2) is 4.39 Å². The Kier molecular flexibility index (Phi) is 3.31.